The molecule has 4 rings (SSSR count). The summed E-state index contributed by atoms with van der Waals surface area (Å²) in [5.74, 6) is -1.58. The van der Waals surface area contributed by atoms with Crippen molar-refractivity contribution in [3.63, 3.8) is 0 Å². The molecule has 30 heavy (non-hydrogen) atoms. The van der Waals surface area contributed by atoms with Gasteiger partial charge in [0.1, 0.15) is 4.33 Å². The number of hydrogen-bond donors (Lipinski definition) is 2. The van der Waals surface area contributed by atoms with E-state index in [1.807, 2.05) is 19.1 Å². The minimum absolute atomic E-state index is 0.188. The predicted octanol–water partition coefficient (Wildman–Crippen LogP) is 6.11. The summed E-state index contributed by atoms with van der Waals surface area (Å²) in [5.41, 5.74) is 2.57. The van der Waals surface area contributed by atoms with Crippen molar-refractivity contribution >= 4 is 63.9 Å². The summed E-state index contributed by atoms with van der Waals surface area (Å²) in [6.07, 6.45) is 3.06. The van der Waals surface area contributed by atoms with E-state index in [0.29, 0.717) is 21.3 Å². The van der Waals surface area contributed by atoms with Gasteiger partial charge in [0.05, 0.1) is 16.5 Å². The molecule has 0 saturated heterocycles. The minimum atomic E-state index is -1.22. The third-order valence-electron chi connectivity index (χ3n) is 5.68. The number of rotatable bonds is 5. The molecule has 8 heteroatoms. The summed E-state index contributed by atoms with van der Waals surface area (Å²) in [6, 6.07) is 10.5. The summed E-state index contributed by atoms with van der Waals surface area (Å²) >= 11 is 25.2. The largest absolute Gasteiger partial charge is 0.349 e. The molecule has 2 amide bonds. The maximum Gasteiger partial charge on any atom is 0.253 e. The van der Waals surface area contributed by atoms with Gasteiger partial charge in [-0.25, -0.2) is 0 Å². The number of amides is 2. The molecule has 0 radical (unpaired) electrons. The second-order valence-electron chi connectivity index (χ2n) is 7.98. The minimum Gasteiger partial charge on any atom is -0.349 e. The first-order valence-electron chi connectivity index (χ1n) is 9.73. The van der Waals surface area contributed by atoms with Gasteiger partial charge in [0, 0.05) is 22.7 Å². The first-order valence-corrected chi connectivity index (χ1v) is 11.2. The van der Waals surface area contributed by atoms with E-state index in [0.717, 1.165) is 30.4 Å². The Kier molecular flexibility index (Phi) is 5.97. The Hall–Kier alpha value is -1.46. The Labute approximate surface area is 195 Å². The second kappa shape index (κ2) is 8.23. The van der Waals surface area contributed by atoms with Crippen molar-refractivity contribution in [3.05, 3.63) is 63.1 Å². The summed E-state index contributed by atoms with van der Waals surface area (Å²) in [4.78, 5) is 25.4. The molecule has 2 unspecified atom stereocenters. The predicted molar refractivity (Wildman–Crippen MR) is 122 cm³/mol. The van der Waals surface area contributed by atoms with E-state index in [1.165, 1.54) is 0 Å². The van der Waals surface area contributed by atoms with Gasteiger partial charge in [0.2, 0.25) is 5.91 Å². The number of nitrogens with one attached hydrogen (secondary N) is 2. The summed E-state index contributed by atoms with van der Waals surface area (Å²) < 4.78 is -1.22. The van der Waals surface area contributed by atoms with Crippen LogP contribution < -0.4 is 10.6 Å². The molecule has 2 aliphatic rings. The molecule has 158 valence electrons. The standard InChI is InChI=1S/C22H20Cl4N2O2/c1-11-7-12(9-13(23)8-11)18-19(22(18,25)26)21(30)28-15-5-6-17(24)16(10-15)20(29)27-14-3-2-4-14/h5-10,14,18-19H,2-4H2,1H3,(H,27,29)(H,28,30). The van der Waals surface area contributed by atoms with Gasteiger partial charge in [-0.2, -0.15) is 0 Å². The number of carbonyl (C=O) groups is 2. The number of anilines is 1. The topological polar surface area (TPSA) is 58.2 Å². The van der Waals surface area contributed by atoms with Crippen LogP contribution in [0.25, 0.3) is 0 Å². The van der Waals surface area contributed by atoms with Gasteiger partial charge in [0.15, 0.2) is 0 Å². The molecule has 2 aromatic carbocycles. The first kappa shape index (κ1) is 21.8. The Morgan fingerprint density at radius 1 is 1.07 bits per heavy atom. The molecule has 2 aromatic rings. The van der Waals surface area contributed by atoms with Gasteiger partial charge in [-0.1, -0.05) is 29.3 Å². The maximum absolute atomic E-state index is 12.9. The Morgan fingerprint density at radius 2 is 1.80 bits per heavy atom. The zero-order chi connectivity index (χ0) is 21.6. The van der Waals surface area contributed by atoms with Crippen LogP contribution in [0.5, 0.6) is 0 Å². The van der Waals surface area contributed by atoms with Gasteiger partial charge in [0.25, 0.3) is 5.91 Å². The van der Waals surface area contributed by atoms with Crippen LogP contribution in [0.2, 0.25) is 10.0 Å². The van der Waals surface area contributed by atoms with Gasteiger partial charge in [-0.15, -0.1) is 23.2 Å². The zero-order valence-electron chi connectivity index (χ0n) is 16.1. The fraction of sp³-hybridized carbons (Fsp3) is 0.364. The Bertz CT molecular complexity index is 1000. The molecule has 0 spiro atoms. The lowest BCUT2D eigenvalue weighted by Crippen LogP contribution is -2.39. The molecule has 2 aliphatic carbocycles. The lowest BCUT2D eigenvalue weighted by molar-refractivity contribution is -0.117. The summed E-state index contributed by atoms with van der Waals surface area (Å²) in [7, 11) is 0. The highest BCUT2D eigenvalue weighted by Gasteiger charge is 2.67. The molecule has 2 atom stereocenters. The van der Waals surface area contributed by atoms with Crippen LogP contribution in [-0.4, -0.2) is 22.2 Å². The van der Waals surface area contributed by atoms with Crippen LogP contribution >= 0.6 is 46.4 Å². The monoisotopic (exact) mass is 484 g/mol. The average Bonchev–Trinajstić information content (AvgIpc) is 3.21. The van der Waals surface area contributed by atoms with Gasteiger partial charge < -0.3 is 10.6 Å². The lowest BCUT2D eigenvalue weighted by Gasteiger charge is -2.26. The van der Waals surface area contributed by atoms with Gasteiger partial charge in [-0.3, -0.25) is 9.59 Å². The molecule has 0 heterocycles. The number of alkyl halides is 2. The quantitative estimate of drug-likeness (QED) is 0.502. The summed E-state index contributed by atoms with van der Waals surface area (Å²) in [5, 5.41) is 6.66. The number of carbonyl (C=O) groups excluding carboxylic acids is 2. The number of aryl methyl sites for hydroxylation is 1. The Balaban J connectivity index is 1.49. The van der Waals surface area contributed by atoms with Crippen LogP contribution in [-0.2, 0) is 4.79 Å². The highest BCUT2D eigenvalue weighted by atomic mass is 35.5. The molecule has 0 aromatic heterocycles. The molecule has 2 fully saturated rings. The van der Waals surface area contributed by atoms with Crippen molar-refractivity contribution < 1.29 is 9.59 Å². The van der Waals surface area contributed by atoms with E-state index >= 15 is 0 Å². The van der Waals surface area contributed by atoms with E-state index in [9.17, 15) is 9.59 Å². The number of hydrogen-bond acceptors (Lipinski definition) is 2. The van der Waals surface area contributed by atoms with E-state index in [4.69, 9.17) is 46.4 Å². The van der Waals surface area contributed by atoms with Crippen LogP contribution in [0.1, 0.15) is 46.7 Å². The smallest absolute Gasteiger partial charge is 0.253 e. The first-order chi connectivity index (χ1) is 14.2. The number of benzene rings is 2. The normalized spacial score (nSPS) is 22.2. The Morgan fingerprint density at radius 3 is 2.43 bits per heavy atom. The molecular weight excluding hydrogens is 466 g/mol. The van der Waals surface area contributed by atoms with Crippen LogP contribution in [0.15, 0.2) is 36.4 Å². The molecule has 0 bridgehead atoms. The molecule has 4 nitrogen and oxygen atoms in total. The van der Waals surface area contributed by atoms with Crippen molar-refractivity contribution in [1.82, 2.24) is 5.32 Å². The van der Waals surface area contributed by atoms with Crippen LogP contribution in [0.3, 0.4) is 0 Å². The summed E-state index contributed by atoms with van der Waals surface area (Å²) in [6.45, 7) is 1.92. The van der Waals surface area contributed by atoms with Crippen molar-refractivity contribution in [2.24, 2.45) is 5.92 Å². The maximum atomic E-state index is 12.9. The van der Waals surface area contributed by atoms with E-state index in [1.54, 1.807) is 24.3 Å². The zero-order valence-corrected chi connectivity index (χ0v) is 19.2. The highest BCUT2D eigenvalue weighted by Crippen LogP contribution is 2.65. The molecule has 2 saturated carbocycles. The third-order valence-corrected chi connectivity index (χ3v) is 7.17. The van der Waals surface area contributed by atoms with Crippen molar-refractivity contribution in [2.75, 3.05) is 5.32 Å². The fourth-order valence-electron chi connectivity index (χ4n) is 3.82. The van der Waals surface area contributed by atoms with E-state index in [2.05, 4.69) is 10.6 Å². The van der Waals surface area contributed by atoms with Gasteiger partial charge >= 0.3 is 0 Å². The van der Waals surface area contributed by atoms with E-state index < -0.39 is 10.3 Å². The lowest BCUT2D eigenvalue weighted by atomic mass is 9.93. The fourth-order valence-corrected chi connectivity index (χ4v) is 5.15. The third kappa shape index (κ3) is 4.29. The average molecular weight is 486 g/mol. The van der Waals surface area contributed by atoms with Crippen LogP contribution in [0.4, 0.5) is 5.69 Å². The van der Waals surface area contributed by atoms with Crippen molar-refractivity contribution in [2.45, 2.75) is 42.5 Å². The molecule has 2 N–H and O–H groups in total. The van der Waals surface area contributed by atoms with Crippen LogP contribution in [0, 0.1) is 12.8 Å². The highest BCUT2D eigenvalue weighted by molar-refractivity contribution is 6.53. The SMILES string of the molecule is Cc1cc(Cl)cc(C2C(C(=O)Nc3ccc(Cl)c(C(=O)NC4CCC4)c3)C2(Cl)Cl)c1. The van der Waals surface area contributed by atoms with Crippen molar-refractivity contribution in [1.29, 1.82) is 0 Å². The number of halogens is 4. The van der Waals surface area contributed by atoms with Crippen molar-refractivity contribution in [3.8, 4) is 0 Å². The van der Waals surface area contributed by atoms with E-state index in [-0.39, 0.29) is 23.8 Å². The second-order valence-corrected chi connectivity index (χ2v) is 10.3. The van der Waals surface area contributed by atoms with Gasteiger partial charge in [-0.05, 0) is 67.6 Å². The molecular formula is C22H20Cl4N2O2. The molecule has 0 aliphatic heterocycles.